The highest BCUT2D eigenvalue weighted by Crippen LogP contribution is 2.25. The lowest BCUT2D eigenvalue weighted by molar-refractivity contribution is -0.00502. The first-order chi connectivity index (χ1) is 13.0. The zero-order valence-electron chi connectivity index (χ0n) is 18.8. The Balaban J connectivity index is 0.00000392. The molecule has 2 N–H and O–H groups in total. The van der Waals surface area contributed by atoms with E-state index in [1.54, 1.807) is 0 Å². The summed E-state index contributed by atoms with van der Waals surface area (Å²) in [5.74, 6) is 1.56. The van der Waals surface area contributed by atoms with Gasteiger partial charge in [0.1, 0.15) is 0 Å². The summed E-state index contributed by atoms with van der Waals surface area (Å²) in [7, 11) is 6.23. The minimum atomic E-state index is 0. The lowest BCUT2D eigenvalue weighted by Crippen LogP contribution is -2.58. The van der Waals surface area contributed by atoms with Crippen molar-refractivity contribution in [1.82, 2.24) is 20.4 Å². The van der Waals surface area contributed by atoms with E-state index in [1.807, 2.05) is 7.05 Å². The highest BCUT2D eigenvalue weighted by Gasteiger charge is 2.35. The van der Waals surface area contributed by atoms with E-state index in [0.717, 1.165) is 45.1 Å². The minimum Gasteiger partial charge on any atom is -0.381 e. The fourth-order valence-corrected chi connectivity index (χ4v) is 4.42. The van der Waals surface area contributed by atoms with Gasteiger partial charge in [0.25, 0.3) is 0 Å². The van der Waals surface area contributed by atoms with Crippen LogP contribution in [0, 0.1) is 5.92 Å². The number of likely N-dealkylation sites (N-methyl/N-ethyl adjacent to an activating group) is 1. The zero-order valence-corrected chi connectivity index (χ0v) is 21.1. The molecular formula is C21H44IN5O. The van der Waals surface area contributed by atoms with Crippen molar-refractivity contribution in [2.45, 2.75) is 64.0 Å². The van der Waals surface area contributed by atoms with Crippen LogP contribution in [0.5, 0.6) is 0 Å². The second kappa shape index (κ2) is 13.2. The van der Waals surface area contributed by atoms with Crippen LogP contribution in [0.15, 0.2) is 4.99 Å². The molecule has 0 bridgehead atoms. The van der Waals surface area contributed by atoms with Gasteiger partial charge in [-0.15, -0.1) is 24.0 Å². The van der Waals surface area contributed by atoms with E-state index in [2.05, 4.69) is 53.4 Å². The standard InChI is InChI=1S/C21H43N5O.HI/c1-18(2)19(26-12-8-6-7-9-13-26)16-23-20(22-3)24-17-21(25(4)5)10-14-27-15-11-21;/h18-19H,6-17H2,1-5H3,(H2,22,23,24);1H. The van der Waals surface area contributed by atoms with Gasteiger partial charge in [-0.05, 0) is 58.8 Å². The SMILES string of the molecule is CN=C(NCC(C(C)C)N1CCCCCC1)NCC1(N(C)C)CCOCC1.I. The molecule has 6 nitrogen and oxygen atoms in total. The number of hydrogen-bond acceptors (Lipinski definition) is 4. The van der Waals surface area contributed by atoms with Gasteiger partial charge in [-0.1, -0.05) is 26.7 Å². The predicted octanol–water partition coefficient (Wildman–Crippen LogP) is 2.78. The quantitative estimate of drug-likeness (QED) is 0.314. The van der Waals surface area contributed by atoms with Crippen LogP contribution in [0.3, 0.4) is 0 Å². The van der Waals surface area contributed by atoms with Crippen molar-refractivity contribution in [1.29, 1.82) is 0 Å². The normalized spacial score (nSPS) is 22.5. The summed E-state index contributed by atoms with van der Waals surface area (Å²) in [5, 5.41) is 7.21. The van der Waals surface area contributed by atoms with Crippen LogP contribution in [0.2, 0.25) is 0 Å². The van der Waals surface area contributed by atoms with Crippen molar-refractivity contribution >= 4 is 29.9 Å². The van der Waals surface area contributed by atoms with E-state index in [0.29, 0.717) is 12.0 Å². The molecule has 1 unspecified atom stereocenters. The second-order valence-corrected chi connectivity index (χ2v) is 8.80. The zero-order chi connectivity index (χ0) is 19.7. The molecule has 0 aromatic rings. The molecule has 166 valence electrons. The monoisotopic (exact) mass is 509 g/mol. The van der Waals surface area contributed by atoms with Gasteiger partial charge in [-0.3, -0.25) is 9.89 Å². The Morgan fingerprint density at radius 3 is 2.18 bits per heavy atom. The first kappa shape index (κ1) is 25.9. The van der Waals surface area contributed by atoms with Crippen LogP contribution in [-0.4, -0.2) is 87.9 Å². The first-order valence-corrected chi connectivity index (χ1v) is 10.9. The molecule has 0 radical (unpaired) electrons. The number of halogens is 1. The fourth-order valence-electron chi connectivity index (χ4n) is 4.42. The van der Waals surface area contributed by atoms with Crippen LogP contribution < -0.4 is 10.6 Å². The maximum atomic E-state index is 5.58. The van der Waals surface area contributed by atoms with Gasteiger partial charge < -0.3 is 20.3 Å². The van der Waals surface area contributed by atoms with Crippen molar-refractivity contribution < 1.29 is 4.74 Å². The summed E-state index contributed by atoms with van der Waals surface area (Å²) in [5.41, 5.74) is 0.151. The Bertz CT molecular complexity index is 444. The summed E-state index contributed by atoms with van der Waals surface area (Å²) in [6, 6.07) is 0.563. The topological polar surface area (TPSA) is 52.1 Å². The molecule has 0 spiro atoms. The van der Waals surface area contributed by atoms with E-state index in [9.17, 15) is 0 Å². The summed E-state index contributed by atoms with van der Waals surface area (Å²) >= 11 is 0. The van der Waals surface area contributed by atoms with Crippen molar-refractivity contribution in [2.24, 2.45) is 10.9 Å². The average molecular weight is 510 g/mol. The number of hydrogen-bond donors (Lipinski definition) is 2. The van der Waals surface area contributed by atoms with Crippen molar-refractivity contribution in [3.8, 4) is 0 Å². The number of nitrogens with zero attached hydrogens (tertiary/aromatic N) is 3. The molecule has 2 saturated heterocycles. The number of ether oxygens (including phenoxy) is 1. The third kappa shape index (κ3) is 7.61. The molecule has 0 aromatic carbocycles. The molecule has 2 aliphatic heterocycles. The lowest BCUT2D eigenvalue weighted by Gasteiger charge is -2.43. The van der Waals surface area contributed by atoms with Crippen molar-refractivity contribution in [3.63, 3.8) is 0 Å². The van der Waals surface area contributed by atoms with Crippen LogP contribution >= 0.6 is 24.0 Å². The van der Waals surface area contributed by atoms with Crippen LogP contribution in [0.4, 0.5) is 0 Å². The molecule has 7 heteroatoms. The molecule has 2 rings (SSSR count). The maximum absolute atomic E-state index is 5.58. The van der Waals surface area contributed by atoms with Crippen LogP contribution in [-0.2, 0) is 4.74 Å². The maximum Gasteiger partial charge on any atom is 0.191 e. The van der Waals surface area contributed by atoms with Gasteiger partial charge >= 0.3 is 0 Å². The smallest absolute Gasteiger partial charge is 0.191 e. The van der Waals surface area contributed by atoms with Crippen molar-refractivity contribution in [3.05, 3.63) is 0 Å². The van der Waals surface area contributed by atoms with Crippen LogP contribution in [0.25, 0.3) is 0 Å². The fraction of sp³-hybridized carbons (Fsp3) is 0.952. The second-order valence-electron chi connectivity index (χ2n) is 8.80. The summed E-state index contributed by atoms with van der Waals surface area (Å²) in [4.78, 5) is 9.53. The highest BCUT2D eigenvalue weighted by atomic mass is 127. The van der Waals surface area contributed by atoms with Crippen LogP contribution in [0.1, 0.15) is 52.4 Å². The lowest BCUT2D eigenvalue weighted by atomic mass is 9.88. The number of aliphatic imine (C=N–C) groups is 1. The molecule has 2 aliphatic rings. The number of rotatable bonds is 7. The van der Waals surface area contributed by atoms with Gasteiger partial charge in [0, 0.05) is 44.9 Å². The summed E-state index contributed by atoms with van der Waals surface area (Å²) in [6.45, 7) is 10.7. The molecule has 28 heavy (non-hydrogen) atoms. The largest absolute Gasteiger partial charge is 0.381 e. The first-order valence-electron chi connectivity index (χ1n) is 10.9. The van der Waals surface area contributed by atoms with Gasteiger partial charge in [-0.2, -0.15) is 0 Å². The molecule has 0 aliphatic carbocycles. The molecule has 2 heterocycles. The Kier molecular flexibility index (Phi) is 12.3. The average Bonchev–Trinajstić information content (AvgIpc) is 2.94. The highest BCUT2D eigenvalue weighted by molar-refractivity contribution is 14.0. The summed E-state index contributed by atoms with van der Waals surface area (Å²) < 4.78 is 5.58. The summed E-state index contributed by atoms with van der Waals surface area (Å²) in [6.07, 6.45) is 7.56. The Hall–Kier alpha value is -0.120. The third-order valence-electron chi connectivity index (χ3n) is 6.54. The number of guanidine groups is 1. The van der Waals surface area contributed by atoms with E-state index >= 15 is 0 Å². The molecule has 0 aromatic heterocycles. The molecule has 2 fully saturated rings. The third-order valence-corrected chi connectivity index (χ3v) is 6.54. The van der Waals surface area contributed by atoms with Crippen molar-refractivity contribution in [2.75, 3.05) is 60.5 Å². The molecule has 1 atom stereocenters. The molecule has 0 saturated carbocycles. The van der Waals surface area contributed by atoms with Gasteiger partial charge in [0.15, 0.2) is 5.96 Å². The van der Waals surface area contributed by atoms with Gasteiger partial charge in [0.2, 0.25) is 0 Å². The Morgan fingerprint density at radius 1 is 1.07 bits per heavy atom. The molecular weight excluding hydrogens is 465 g/mol. The van der Waals surface area contributed by atoms with E-state index < -0.39 is 0 Å². The Morgan fingerprint density at radius 2 is 1.68 bits per heavy atom. The number of nitrogens with one attached hydrogen (secondary N) is 2. The minimum absolute atomic E-state index is 0. The molecule has 0 amide bonds. The number of likely N-dealkylation sites (tertiary alicyclic amines) is 1. The predicted molar refractivity (Wildman–Crippen MR) is 130 cm³/mol. The van der Waals surface area contributed by atoms with E-state index in [4.69, 9.17) is 4.74 Å². The van der Waals surface area contributed by atoms with E-state index in [-0.39, 0.29) is 29.5 Å². The van der Waals surface area contributed by atoms with Gasteiger partial charge in [0.05, 0.1) is 0 Å². The van der Waals surface area contributed by atoms with Gasteiger partial charge in [-0.25, -0.2) is 0 Å². The van der Waals surface area contributed by atoms with E-state index in [1.165, 1.54) is 38.8 Å². The Labute approximate surface area is 190 Å².